The normalized spacial score (nSPS) is 19.7. The maximum Gasteiger partial charge on any atom is 0.140 e. The van der Waals surface area contributed by atoms with Crippen LogP contribution in [0.4, 0.5) is 11.5 Å². The molecule has 0 bridgehead atoms. The highest BCUT2D eigenvalue weighted by Gasteiger charge is 2.35. The van der Waals surface area contributed by atoms with Gasteiger partial charge in [0.25, 0.3) is 0 Å². The Bertz CT molecular complexity index is 1070. The Balaban J connectivity index is 1.46. The van der Waals surface area contributed by atoms with Crippen LogP contribution in [0.5, 0.6) is 0 Å². The van der Waals surface area contributed by atoms with Crippen molar-refractivity contribution in [1.29, 1.82) is 0 Å². The Morgan fingerprint density at radius 3 is 2.77 bits per heavy atom. The summed E-state index contributed by atoms with van der Waals surface area (Å²) in [4.78, 5) is 14.3. The average molecular weight is 433 g/mol. The lowest BCUT2D eigenvalue weighted by Gasteiger charge is -2.26. The molecule has 0 spiro atoms. The van der Waals surface area contributed by atoms with E-state index in [9.17, 15) is 0 Å². The number of hydrogen-bond donors (Lipinski definition) is 0. The van der Waals surface area contributed by atoms with Crippen molar-refractivity contribution < 1.29 is 0 Å². The van der Waals surface area contributed by atoms with E-state index in [2.05, 4.69) is 71.1 Å². The molecule has 0 saturated carbocycles. The molecule has 0 fully saturated rings. The van der Waals surface area contributed by atoms with Gasteiger partial charge in [0.1, 0.15) is 12.1 Å². The van der Waals surface area contributed by atoms with Gasteiger partial charge in [-0.1, -0.05) is 55.8 Å². The number of rotatable bonds is 6. The summed E-state index contributed by atoms with van der Waals surface area (Å²) in [5, 5.41) is 0.804. The first-order chi connectivity index (χ1) is 15.1. The maximum absolute atomic E-state index is 6.44. The molecule has 0 N–H and O–H groups in total. The van der Waals surface area contributed by atoms with Gasteiger partial charge < -0.3 is 4.90 Å². The number of aromatic nitrogens is 2. The van der Waals surface area contributed by atoms with Crippen LogP contribution in [0.2, 0.25) is 5.02 Å². The number of anilines is 2. The van der Waals surface area contributed by atoms with Crippen LogP contribution in [0.25, 0.3) is 0 Å². The standard InChI is InChI=1S/C26H29ClN4/c1-3-30(14-19-7-5-4-6-8-19)15-20-16-31(24-12-10-21(27)13-22(20)24)26-25-18(2)9-11-23(25)28-17-29-26/h4-8,10,12-13,17-18,20H,3,9,11,14-16H2,1-2H3. The Labute approximate surface area is 189 Å². The smallest absolute Gasteiger partial charge is 0.140 e. The Hall–Kier alpha value is -2.43. The quantitative estimate of drug-likeness (QED) is 0.482. The lowest BCUT2D eigenvalue weighted by atomic mass is 10.0. The van der Waals surface area contributed by atoms with Crippen molar-refractivity contribution in [2.24, 2.45) is 0 Å². The van der Waals surface area contributed by atoms with Crippen LogP contribution in [0.3, 0.4) is 0 Å². The number of likely N-dealkylation sites (N-methyl/N-ethyl adjacent to an activating group) is 1. The zero-order chi connectivity index (χ0) is 21.4. The number of benzene rings is 2. The molecule has 31 heavy (non-hydrogen) atoms. The lowest BCUT2D eigenvalue weighted by molar-refractivity contribution is 0.265. The molecule has 2 heterocycles. The molecule has 5 heteroatoms. The molecular weight excluding hydrogens is 404 g/mol. The summed E-state index contributed by atoms with van der Waals surface area (Å²) in [7, 11) is 0. The van der Waals surface area contributed by atoms with Gasteiger partial charge in [0, 0.05) is 47.5 Å². The minimum Gasteiger partial charge on any atom is -0.325 e. The molecule has 2 aromatic carbocycles. The van der Waals surface area contributed by atoms with Crippen molar-refractivity contribution in [2.45, 2.75) is 45.1 Å². The van der Waals surface area contributed by atoms with Crippen molar-refractivity contribution in [3.05, 3.63) is 82.3 Å². The van der Waals surface area contributed by atoms with Gasteiger partial charge in [-0.2, -0.15) is 0 Å². The predicted molar refractivity (Wildman–Crippen MR) is 127 cm³/mol. The maximum atomic E-state index is 6.44. The average Bonchev–Trinajstić information content (AvgIpc) is 3.34. The first-order valence-corrected chi connectivity index (χ1v) is 11.7. The highest BCUT2D eigenvalue weighted by atomic mass is 35.5. The molecular formula is C26H29ClN4. The van der Waals surface area contributed by atoms with E-state index in [4.69, 9.17) is 16.6 Å². The van der Waals surface area contributed by atoms with Gasteiger partial charge in [-0.25, -0.2) is 9.97 Å². The predicted octanol–water partition coefficient (Wildman–Crippen LogP) is 5.94. The van der Waals surface area contributed by atoms with Crippen LogP contribution >= 0.6 is 11.6 Å². The fourth-order valence-electron chi connectivity index (χ4n) is 5.17. The third-order valence-corrected chi connectivity index (χ3v) is 7.04. The van der Waals surface area contributed by atoms with Crippen molar-refractivity contribution in [3.8, 4) is 0 Å². The number of hydrogen-bond acceptors (Lipinski definition) is 4. The zero-order valence-corrected chi connectivity index (χ0v) is 19.0. The van der Waals surface area contributed by atoms with Crippen LogP contribution < -0.4 is 4.90 Å². The lowest BCUT2D eigenvalue weighted by Crippen LogP contribution is -2.30. The SMILES string of the molecule is CCN(Cc1ccccc1)CC1CN(c2ncnc3c2C(C)CC3)c2ccc(Cl)cc21. The Morgan fingerprint density at radius 2 is 1.97 bits per heavy atom. The van der Waals surface area contributed by atoms with E-state index in [1.165, 1.54) is 28.1 Å². The molecule has 2 unspecified atom stereocenters. The fourth-order valence-corrected chi connectivity index (χ4v) is 5.35. The molecule has 4 nitrogen and oxygen atoms in total. The van der Waals surface area contributed by atoms with E-state index < -0.39 is 0 Å². The van der Waals surface area contributed by atoms with E-state index in [0.717, 1.165) is 49.9 Å². The van der Waals surface area contributed by atoms with Crippen LogP contribution in [0.15, 0.2) is 54.9 Å². The van der Waals surface area contributed by atoms with E-state index in [1.54, 1.807) is 6.33 Å². The Morgan fingerprint density at radius 1 is 1.13 bits per heavy atom. The summed E-state index contributed by atoms with van der Waals surface area (Å²) in [5.41, 5.74) is 6.48. The Kier molecular flexibility index (Phi) is 5.68. The second-order valence-electron chi connectivity index (χ2n) is 8.82. The summed E-state index contributed by atoms with van der Waals surface area (Å²) in [6.07, 6.45) is 3.95. The number of nitrogens with zero attached hydrogens (tertiary/aromatic N) is 4. The van der Waals surface area contributed by atoms with Gasteiger partial charge in [0.15, 0.2) is 0 Å². The minimum atomic E-state index is 0.389. The monoisotopic (exact) mass is 432 g/mol. The number of halogens is 1. The van der Waals surface area contributed by atoms with E-state index in [-0.39, 0.29) is 0 Å². The summed E-state index contributed by atoms with van der Waals surface area (Å²) in [5.74, 6) is 1.98. The number of aryl methyl sites for hydroxylation is 1. The van der Waals surface area contributed by atoms with Crippen LogP contribution in [0, 0.1) is 0 Å². The van der Waals surface area contributed by atoms with Gasteiger partial charge >= 0.3 is 0 Å². The molecule has 2 atom stereocenters. The van der Waals surface area contributed by atoms with Crippen molar-refractivity contribution in [1.82, 2.24) is 14.9 Å². The van der Waals surface area contributed by atoms with Gasteiger partial charge in [0.2, 0.25) is 0 Å². The second-order valence-corrected chi connectivity index (χ2v) is 9.26. The molecule has 1 aliphatic heterocycles. The van der Waals surface area contributed by atoms with Gasteiger partial charge in [-0.15, -0.1) is 0 Å². The van der Waals surface area contributed by atoms with Crippen LogP contribution in [-0.4, -0.2) is 34.5 Å². The summed E-state index contributed by atoms with van der Waals surface area (Å²) in [6.45, 7) is 8.45. The topological polar surface area (TPSA) is 32.3 Å². The molecule has 3 aromatic rings. The number of fused-ring (bicyclic) bond motifs is 2. The zero-order valence-electron chi connectivity index (χ0n) is 18.3. The first kappa shape index (κ1) is 20.5. The van der Waals surface area contributed by atoms with Crippen molar-refractivity contribution in [3.63, 3.8) is 0 Å². The second kappa shape index (κ2) is 8.60. The summed E-state index contributed by atoms with van der Waals surface area (Å²) in [6, 6.07) is 17.1. The summed E-state index contributed by atoms with van der Waals surface area (Å²) < 4.78 is 0. The summed E-state index contributed by atoms with van der Waals surface area (Å²) >= 11 is 6.44. The van der Waals surface area contributed by atoms with Gasteiger partial charge in [0.05, 0.1) is 0 Å². The molecule has 1 aromatic heterocycles. The van der Waals surface area contributed by atoms with Gasteiger partial charge in [-0.3, -0.25) is 4.90 Å². The van der Waals surface area contributed by atoms with E-state index in [0.29, 0.717) is 11.8 Å². The van der Waals surface area contributed by atoms with Gasteiger partial charge in [-0.05, 0) is 54.6 Å². The van der Waals surface area contributed by atoms with E-state index >= 15 is 0 Å². The van der Waals surface area contributed by atoms with Crippen molar-refractivity contribution >= 4 is 23.1 Å². The molecule has 0 radical (unpaired) electrons. The molecule has 160 valence electrons. The molecule has 2 aliphatic rings. The van der Waals surface area contributed by atoms with Crippen LogP contribution in [0.1, 0.15) is 54.5 Å². The molecule has 5 rings (SSSR count). The third-order valence-electron chi connectivity index (χ3n) is 6.81. The van der Waals surface area contributed by atoms with Crippen molar-refractivity contribution in [2.75, 3.05) is 24.5 Å². The molecule has 0 saturated heterocycles. The highest BCUT2D eigenvalue weighted by molar-refractivity contribution is 6.30. The fraction of sp³-hybridized carbons (Fsp3) is 0.385. The van der Waals surface area contributed by atoms with Crippen LogP contribution in [-0.2, 0) is 13.0 Å². The third kappa shape index (κ3) is 3.95. The first-order valence-electron chi connectivity index (χ1n) is 11.3. The highest BCUT2D eigenvalue weighted by Crippen LogP contribution is 2.46. The molecule has 0 amide bonds. The van der Waals surface area contributed by atoms with E-state index in [1.807, 2.05) is 6.07 Å². The minimum absolute atomic E-state index is 0.389. The molecule has 1 aliphatic carbocycles. The largest absolute Gasteiger partial charge is 0.325 e.